The van der Waals surface area contributed by atoms with Gasteiger partial charge in [-0.25, -0.2) is 5.43 Å². The Bertz CT molecular complexity index is 753. The minimum absolute atomic E-state index is 0.0179. The van der Waals surface area contributed by atoms with Crippen molar-refractivity contribution in [3.63, 3.8) is 0 Å². The lowest BCUT2D eigenvalue weighted by molar-refractivity contribution is 0.0949. The van der Waals surface area contributed by atoms with Crippen molar-refractivity contribution in [2.24, 2.45) is 5.10 Å². The molecule has 132 valence electrons. The van der Waals surface area contributed by atoms with Gasteiger partial charge in [-0.3, -0.25) is 4.79 Å². The van der Waals surface area contributed by atoms with Crippen molar-refractivity contribution >= 4 is 28.1 Å². The number of carbonyl (C=O) groups excluding carboxylic acids is 1. The van der Waals surface area contributed by atoms with Crippen molar-refractivity contribution < 1.29 is 9.53 Å². The van der Waals surface area contributed by atoms with Gasteiger partial charge in [0.2, 0.25) is 0 Å². The monoisotopic (exact) mass is 402 g/mol. The van der Waals surface area contributed by atoms with Crippen molar-refractivity contribution in [3.8, 4) is 5.75 Å². The number of benzene rings is 2. The van der Waals surface area contributed by atoms with Gasteiger partial charge in [-0.2, -0.15) is 5.10 Å². The first-order chi connectivity index (χ1) is 11.9. The maximum Gasteiger partial charge on any atom is 0.275 e. The van der Waals surface area contributed by atoms with E-state index in [1.807, 2.05) is 32.0 Å². The zero-order valence-corrected chi connectivity index (χ0v) is 16.5. The lowest BCUT2D eigenvalue weighted by Crippen LogP contribution is -2.20. The normalized spacial score (nSPS) is 11.3. The smallest absolute Gasteiger partial charge is 0.275 e. The highest BCUT2D eigenvalue weighted by molar-refractivity contribution is 9.10. The first-order valence-corrected chi connectivity index (χ1v) is 9.05. The molecule has 0 heterocycles. The third-order valence-electron chi connectivity index (χ3n) is 3.53. The molecule has 2 rings (SSSR count). The number of hydrazone groups is 1. The Morgan fingerprint density at radius 1 is 1.12 bits per heavy atom. The molecule has 0 aromatic heterocycles. The summed E-state index contributed by atoms with van der Waals surface area (Å²) < 4.78 is 6.50. The Morgan fingerprint density at radius 3 is 2.40 bits per heavy atom. The molecule has 0 saturated heterocycles. The van der Waals surface area contributed by atoms with Crippen LogP contribution in [0.3, 0.4) is 0 Å². The van der Waals surface area contributed by atoms with Crippen LogP contribution < -0.4 is 10.2 Å². The van der Waals surface area contributed by atoms with Crippen LogP contribution in [0.2, 0.25) is 0 Å². The number of nitrogens with one attached hydrogen (secondary N) is 1. The highest BCUT2D eigenvalue weighted by Gasteiger charge is 2.13. The maximum atomic E-state index is 12.4. The second kappa shape index (κ2) is 8.81. The Kier molecular flexibility index (Phi) is 6.76. The van der Waals surface area contributed by atoms with Crippen LogP contribution in [0.4, 0.5) is 0 Å². The molecule has 2 aromatic rings. The fourth-order valence-electron chi connectivity index (χ4n) is 2.23. The summed E-state index contributed by atoms with van der Waals surface area (Å²) in [6.45, 7) is 8.14. The SMILES string of the molecule is CC(C)Oc1ccc(Br)cc1C(=O)NN=Cc1ccc(C(C)C)cc1. The van der Waals surface area contributed by atoms with Gasteiger partial charge in [-0.15, -0.1) is 0 Å². The fourth-order valence-corrected chi connectivity index (χ4v) is 2.59. The highest BCUT2D eigenvalue weighted by atomic mass is 79.9. The zero-order chi connectivity index (χ0) is 18.4. The summed E-state index contributed by atoms with van der Waals surface area (Å²) in [6, 6.07) is 13.4. The van der Waals surface area contributed by atoms with E-state index in [-0.39, 0.29) is 12.0 Å². The number of ether oxygens (including phenoxy) is 1. The van der Waals surface area contributed by atoms with Crippen molar-refractivity contribution in [2.45, 2.75) is 39.7 Å². The van der Waals surface area contributed by atoms with Crippen LogP contribution in [0.25, 0.3) is 0 Å². The third kappa shape index (κ3) is 5.71. The van der Waals surface area contributed by atoms with Crippen molar-refractivity contribution in [1.29, 1.82) is 0 Å². The molecular formula is C20H23BrN2O2. The van der Waals surface area contributed by atoms with E-state index in [1.54, 1.807) is 18.3 Å². The van der Waals surface area contributed by atoms with E-state index in [0.29, 0.717) is 17.2 Å². The second-order valence-corrected chi connectivity index (χ2v) is 7.24. The number of carbonyl (C=O) groups is 1. The predicted molar refractivity (Wildman–Crippen MR) is 105 cm³/mol. The van der Waals surface area contributed by atoms with Crippen LogP contribution in [-0.4, -0.2) is 18.2 Å². The van der Waals surface area contributed by atoms with Gasteiger partial charge in [0, 0.05) is 4.47 Å². The van der Waals surface area contributed by atoms with Gasteiger partial charge in [-0.1, -0.05) is 54.0 Å². The van der Waals surface area contributed by atoms with E-state index in [0.717, 1.165) is 10.0 Å². The number of rotatable bonds is 6. The third-order valence-corrected chi connectivity index (χ3v) is 4.03. The van der Waals surface area contributed by atoms with Crippen LogP contribution in [0.15, 0.2) is 52.0 Å². The second-order valence-electron chi connectivity index (χ2n) is 6.33. The Morgan fingerprint density at radius 2 is 1.80 bits per heavy atom. The molecule has 0 fully saturated rings. The lowest BCUT2D eigenvalue weighted by atomic mass is 10.0. The van der Waals surface area contributed by atoms with Gasteiger partial charge in [0.15, 0.2) is 0 Å². The van der Waals surface area contributed by atoms with Gasteiger partial charge in [0.05, 0.1) is 17.9 Å². The van der Waals surface area contributed by atoms with Gasteiger partial charge in [0.25, 0.3) is 5.91 Å². The van der Waals surface area contributed by atoms with Crippen LogP contribution in [0.5, 0.6) is 5.75 Å². The molecule has 25 heavy (non-hydrogen) atoms. The first kappa shape index (κ1) is 19.2. The van der Waals surface area contributed by atoms with Gasteiger partial charge < -0.3 is 4.74 Å². The molecule has 1 N–H and O–H groups in total. The Hall–Kier alpha value is -2.14. The van der Waals surface area contributed by atoms with Gasteiger partial charge in [0.1, 0.15) is 5.75 Å². The molecule has 0 bridgehead atoms. The molecule has 0 aliphatic rings. The number of halogens is 1. The van der Waals surface area contributed by atoms with E-state index in [9.17, 15) is 4.79 Å². The molecule has 0 spiro atoms. The van der Waals surface area contributed by atoms with Crippen LogP contribution >= 0.6 is 15.9 Å². The predicted octanol–water partition coefficient (Wildman–Crippen LogP) is 5.12. The maximum absolute atomic E-state index is 12.4. The molecule has 2 aromatic carbocycles. The van der Waals surface area contributed by atoms with Crippen molar-refractivity contribution in [2.75, 3.05) is 0 Å². The topological polar surface area (TPSA) is 50.7 Å². The van der Waals surface area contributed by atoms with E-state index in [2.05, 4.69) is 52.4 Å². The summed E-state index contributed by atoms with van der Waals surface area (Å²) in [7, 11) is 0. The molecular weight excluding hydrogens is 380 g/mol. The standard InChI is InChI=1S/C20H23BrN2O2/c1-13(2)16-7-5-15(6-8-16)12-22-23-20(24)18-11-17(21)9-10-19(18)25-14(3)4/h5-14H,1-4H3,(H,23,24). The minimum Gasteiger partial charge on any atom is -0.490 e. The quantitative estimate of drug-likeness (QED) is 0.538. The van der Waals surface area contributed by atoms with E-state index in [4.69, 9.17) is 4.74 Å². The van der Waals surface area contributed by atoms with Crippen molar-refractivity contribution in [3.05, 3.63) is 63.6 Å². The van der Waals surface area contributed by atoms with Crippen LogP contribution in [-0.2, 0) is 0 Å². The first-order valence-electron chi connectivity index (χ1n) is 8.26. The molecule has 1 amide bonds. The number of amides is 1. The highest BCUT2D eigenvalue weighted by Crippen LogP contribution is 2.24. The molecule has 0 unspecified atom stereocenters. The largest absolute Gasteiger partial charge is 0.490 e. The minimum atomic E-state index is -0.313. The Balaban J connectivity index is 2.08. The number of hydrogen-bond acceptors (Lipinski definition) is 3. The zero-order valence-electron chi connectivity index (χ0n) is 14.9. The van der Waals surface area contributed by atoms with E-state index < -0.39 is 0 Å². The summed E-state index contributed by atoms with van der Waals surface area (Å²) in [4.78, 5) is 12.4. The molecule has 0 atom stereocenters. The van der Waals surface area contributed by atoms with Gasteiger partial charge in [-0.05, 0) is 49.1 Å². The van der Waals surface area contributed by atoms with Gasteiger partial charge >= 0.3 is 0 Å². The average molecular weight is 403 g/mol. The van der Waals surface area contributed by atoms with Crippen LogP contribution in [0.1, 0.15) is 55.1 Å². The van der Waals surface area contributed by atoms with Crippen molar-refractivity contribution in [1.82, 2.24) is 5.43 Å². The summed E-state index contributed by atoms with van der Waals surface area (Å²) in [5.74, 6) is 0.709. The molecule has 0 saturated carbocycles. The van der Waals surface area contributed by atoms with E-state index in [1.165, 1.54) is 5.56 Å². The van der Waals surface area contributed by atoms with E-state index >= 15 is 0 Å². The summed E-state index contributed by atoms with van der Waals surface area (Å²) in [5, 5.41) is 4.05. The lowest BCUT2D eigenvalue weighted by Gasteiger charge is -2.13. The molecule has 0 aliphatic carbocycles. The number of nitrogens with zero attached hydrogens (tertiary/aromatic N) is 1. The number of hydrogen-bond donors (Lipinski definition) is 1. The molecule has 4 nitrogen and oxygen atoms in total. The molecule has 0 radical (unpaired) electrons. The molecule has 5 heteroatoms. The molecule has 0 aliphatic heterocycles. The Labute approximate surface area is 157 Å². The summed E-state index contributed by atoms with van der Waals surface area (Å²) in [5.41, 5.74) is 5.19. The fraction of sp³-hybridized carbons (Fsp3) is 0.300. The summed E-state index contributed by atoms with van der Waals surface area (Å²) in [6.07, 6.45) is 1.61. The van der Waals surface area contributed by atoms with Crippen LogP contribution in [0, 0.1) is 0 Å². The average Bonchev–Trinajstić information content (AvgIpc) is 2.56. The summed E-state index contributed by atoms with van der Waals surface area (Å²) >= 11 is 3.38.